The van der Waals surface area contributed by atoms with E-state index >= 15 is 0 Å². The van der Waals surface area contributed by atoms with Crippen LogP contribution < -0.4 is 0 Å². The maximum absolute atomic E-state index is 12.1. The van der Waals surface area contributed by atoms with Crippen LogP contribution in [0.15, 0.2) is 96.2 Å². The van der Waals surface area contributed by atoms with Crippen LogP contribution in [0.5, 0.6) is 11.5 Å². The Morgan fingerprint density at radius 3 is 1.50 bits per heavy atom. The van der Waals surface area contributed by atoms with Crippen LogP contribution in [0.4, 0.5) is 0 Å². The van der Waals surface area contributed by atoms with Crippen LogP contribution in [0.3, 0.4) is 0 Å². The number of hydrogen-bond acceptors (Lipinski definition) is 13. The van der Waals surface area contributed by atoms with E-state index in [9.17, 15) is 43.0 Å². The number of carboxylic acid groups (broad SMARTS) is 2. The number of benzene rings is 2. The Kier molecular flexibility index (Phi) is 19.4. The van der Waals surface area contributed by atoms with Gasteiger partial charge < -0.3 is 20.4 Å². The van der Waals surface area contributed by atoms with E-state index in [0.717, 1.165) is 18.2 Å². The summed E-state index contributed by atoms with van der Waals surface area (Å²) in [6, 6.07) is 17.4. The Labute approximate surface area is 312 Å². The van der Waals surface area contributed by atoms with Crippen molar-refractivity contribution in [3.05, 3.63) is 114 Å². The quantitative estimate of drug-likeness (QED) is 0.0907. The van der Waals surface area contributed by atoms with Gasteiger partial charge in [-0.1, -0.05) is 50.6 Å². The van der Waals surface area contributed by atoms with Gasteiger partial charge in [0.15, 0.2) is 0 Å². The van der Waals surface area contributed by atoms with E-state index in [1.807, 2.05) is 0 Å². The summed E-state index contributed by atoms with van der Waals surface area (Å²) < 4.78 is 58.9. The van der Waals surface area contributed by atoms with Crippen molar-refractivity contribution in [2.24, 2.45) is 0 Å². The van der Waals surface area contributed by atoms with Crippen molar-refractivity contribution >= 4 is 32.7 Å². The Bertz CT molecular complexity index is 1950. The van der Waals surface area contributed by atoms with Gasteiger partial charge >= 0.3 is 39.6 Å². The predicted octanol–water partition coefficient (Wildman–Crippen LogP) is 3.20. The number of phenols is 2. The first-order chi connectivity index (χ1) is 24.1. The molecule has 1 radical (unpaired) electrons. The molecule has 16 nitrogen and oxygen atoms in total. The van der Waals surface area contributed by atoms with Crippen molar-refractivity contribution < 1.29 is 72.7 Å². The fraction of sp³-hybridized carbons (Fsp3) is 0.273. The van der Waals surface area contributed by atoms with Crippen molar-refractivity contribution in [3.8, 4) is 11.5 Å². The fourth-order valence-electron chi connectivity index (χ4n) is 5.00. The molecule has 0 spiro atoms. The van der Waals surface area contributed by atoms with Crippen LogP contribution in [0.25, 0.3) is 0 Å². The van der Waals surface area contributed by atoms with Gasteiger partial charge in [0.1, 0.15) is 11.5 Å². The summed E-state index contributed by atoms with van der Waals surface area (Å²) in [6.45, 7) is 2.89. The number of pyridine rings is 2. The molecule has 5 N–H and O–H groups in total. The molecule has 2 aromatic heterocycles. The largest absolute Gasteiger partial charge is 2.00 e. The number of aliphatic carboxylic acids is 2. The Morgan fingerprint density at radius 1 is 0.712 bits per heavy atom. The first kappa shape index (κ1) is 45.3. The summed E-state index contributed by atoms with van der Waals surface area (Å²) >= 11 is 0. The van der Waals surface area contributed by atoms with Gasteiger partial charge in [0, 0.05) is 36.6 Å². The van der Waals surface area contributed by atoms with Gasteiger partial charge in [0.25, 0.3) is 10.1 Å². The number of para-hydroxylation sites is 1. The Hall–Kier alpha value is -4.75. The molecule has 0 saturated heterocycles. The maximum Gasteiger partial charge on any atom is 2.00 e. The van der Waals surface area contributed by atoms with Crippen LogP contribution in [-0.4, -0.2) is 104 Å². The molecular weight excluding hydrogens is 763 g/mol. The molecule has 52 heavy (non-hydrogen) atoms. The van der Waals surface area contributed by atoms with Crippen LogP contribution >= 0.6 is 0 Å². The van der Waals surface area contributed by atoms with Crippen LogP contribution in [0.2, 0.25) is 0 Å². The smallest absolute Gasteiger partial charge is 0.508 e. The van der Waals surface area contributed by atoms with Gasteiger partial charge in [0.05, 0.1) is 41.5 Å². The average molecular weight is 802 g/mol. The SMILES string of the molecule is CCC.O=C(O)CN(CCN(CC(=O)O)[C@H](c1ccccn1)c1ccccc1O)C(c1ccccn1)c1cc(S(=O)(=O)O)ccc1O.O=S(=O)=O.[Mn+2]. The topological polar surface area (TPSA) is 253 Å². The Balaban J connectivity index is 0.00000155. The summed E-state index contributed by atoms with van der Waals surface area (Å²) in [6.07, 6.45) is 4.22. The normalized spacial score (nSPS) is 11.9. The molecule has 0 aliphatic heterocycles. The molecule has 19 heteroatoms. The van der Waals surface area contributed by atoms with E-state index in [0.29, 0.717) is 11.3 Å². The van der Waals surface area contributed by atoms with Crippen LogP contribution in [0, 0.1) is 0 Å². The van der Waals surface area contributed by atoms with E-state index in [1.165, 1.54) is 34.7 Å². The molecule has 0 amide bonds. The van der Waals surface area contributed by atoms with Gasteiger partial charge in [-0.3, -0.25) is 33.9 Å². The number of carbonyl (C=O) groups is 2. The third-order valence-corrected chi connectivity index (χ3v) is 7.69. The zero-order valence-electron chi connectivity index (χ0n) is 27.9. The van der Waals surface area contributed by atoms with Gasteiger partial charge in [-0.25, -0.2) is 0 Å². The maximum atomic E-state index is 12.1. The third kappa shape index (κ3) is 14.5. The van der Waals surface area contributed by atoms with Gasteiger partial charge in [-0.15, -0.1) is 12.6 Å². The van der Waals surface area contributed by atoms with E-state index in [4.69, 9.17) is 12.6 Å². The predicted molar refractivity (Wildman–Crippen MR) is 182 cm³/mol. The van der Waals surface area contributed by atoms with Crippen LogP contribution in [0.1, 0.15) is 54.9 Å². The summed E-state index contributed by atoms with van der Waals surface area (Å²) in [4.78, 5) is 35.3. The molecule has 4 rings (SSSR count). The van der Waals surface area contributed by atoms with Crippen molar-refractivity contribution in [3.63, 3.8) is 0 Å². The van der Waals surface area contributed by atoms with Crippen molar-refractivity contribution in [2.45, 2.75) is 37.2 Å². The molecule has 2 aromatic carbocycles. The molecule has 279 valence electrons. The number of aromatic nitrogens is 2. The molecule has 4 aromatic rings. The van der Waals surface area contributed by atoms with Gasteiger partial charge in [0.2, 0.25) is 0 Å². The van der Waals surface area contributed by atoms with E-state index in [-0.39, 0.29) is 52.9 Å². The van der Waals surface area contributed by atoms with Gasteiger partial charge in [-0.2, -0.15) is 8.42 Å². The average Bonchev–Trinajstić information content (AvgIpc) is 3.05. The summed E-state index contributed by atoms with van der Waals surface area (Å²) in [5.41, 5.74) is 1.01. The number of rotatable bonds is 14. The minimum absolute atomic E-state index is 0. The molecule has 0 aliphatic carbocycles. The molecule has 0 bridgehead atoms. The van der Waals surface area contributed by atoms with Crippen LogP contribution in [-0.2, 0) is 47.4 Å². The van der Waals surface area contributed by atoms with E-state index in [1.54, 1.807) is 54.6 Å². The summed E-state index contributed by atoms with van der Waals surface area (Å²) in [5, 5.41) is 41.3. The van der Waals surface area contributed by atoms with Crippen molar-refractivity contribution in [1.29, 1.82) is 0 Å². The molecule has 0 fully saturated rings. The molecule has 0 saturated carbocycles. The third-order valence-electron chi connectivity index (χ3n) is 6.84. The number of hydrogen-bond donors (Lipinski definition) is 5. The molecule has 2 heterocycles. The van der Waals surface area contributed by atoms with Crippen molar-refractivity contribution in [2.75, 3.05) is 26.2 Å². The second-order valence-electron chi connectivity index (χ2n) is 10.7. The van der Waals surface area contributed by atoms with Crippen molar-refractivity contribution in [1.82, 2.24) is 19.8 Å². The first-order valence-electron chi connectivity index (χ1n) is 15.2. The van der Waals surface area contributed by atoms with Gasteiger partial charge in [-0.05, 0) is 48.5 Å². The second-order valence-corrected chi connectivity index (χ2v) is 12.5. The number of carboxylic acids is 2. The molecule has 1 unspecified atom stereocenters. The molecule has 2 atom stereocenters. The number of phenolic OH excluding ortho intramolecular Hbond substituents is 2. The summed E-state index contributed by atoms with van der Waals surface area (Å²) in [5.74, 6) is -2.93. The zero-order valence-corrected chi connectivity index (χ0v) is 30.7. The Morgan fingerprint density at radius 2 is 1.12 bits per heavy atom. The zero-order chi connectivity index (χ0) is 38.1. The standard InChI is InChI=1S/C30H30N4O9S.C3H8.Mn.O3S/c35-25-10-2-1-7-21(25)29(23-8-3-5-13-31-23)33(18-27(37)38)15-16-34(19-28(39)40)30(24-9-4-6-14-32-24)22-17-20(44(41,42)43)11-12-26(22)36;1-3-2;;1-4(2)3/h1-14,17,29-30,35-36H,15-16,18-19H2,(H,37,38)(H,39,40)(H,41,42,43);3H2,1-2H3;;/q;;+2;/t29-,30?;;;/m0.../s1. The second kappa shape index (κ2) is 22.2. The minimum atomic E-state index is -4.69. The van der Waals surface area contributed by atoms with E-state index in [2.05, 4.69) is 23.8 Å². The molecular formula is C33H38MnN4O12S2+2. The van der Waals surface area contributed by atoms with E-state index < -0.39 is 62.7 Å². The number of aromatic hydroxyl groups is 2. The number of nitrogens with zero attached hydrogens (tertiary/aromatic N) is 4. The fourth-order valence-corrected chi connectivity index (χ4v) is 5.51. The minimum Gasteiger partial charge on any atom is -0.508 e. The summed E-state index contributed by atoms with van der Waals surface area (Å²) in [7, 11) is -7.80. The first-order valence-corrected chi connectivity index (χ1v) is 17.6. The molecule has 0 aliphatic rings. The monoisotopic (exact) mass is 801 g/mol.